The summed E-state index contributed by atoms with van der Waals surface area (Å²) >= 11 is 0. The largest absolute Gasteiger partial charge is 0.489 e. The summed E-state index contributed by atoms with van der Waals surface area (Å²) in [5.74, 6) is 0.422. The number of carbonyl (C=O) groups excluding carboxylic acids is 3. The van der Waals surface area contributed by atoms with Crippen LogP contribution in [-0.4, -0.2) is 34.8 Å². The number of ether oxygens (including phenoxy) is 1. The molecule has 5 rings (SSSR count). The SMILES string of the molecule is CC(C)c1cccc(C(C)C)c1NC(=O)CN1C(=O)N(c2ccc(OCc3ccccc3)cc2)C2(CCCC2)C1=O. The minimum absolute atomic E-state index is 0.205. The zero-order valence-corrected chi connectivity index (χ0v) is 24.4. The van der Waals surface area contributed by atoms with Crippen LogP contribution in [0.25, 0.3) is 0 Å². The lowest BCUT2D eigenvalue weighted by Crippen LogP contribution is -2.47. The van der Waals surface area contributed by atoms with Crippen LogP contribution in [0, 0.1) is 0 Å². The Morgan fingerprint density at radius 3 is 2.05 bits per heavy atom. The lowest BCUT2D eigenvalue weighted by atomic mass is 9.92. The fraction of sp³-hybridized carbons (Fsp3) is 0.382. The molecule has 1 N–H and O–H groups in total. The van der Waals surface area contributed by atoms with E-state index in [0.717, 1.165) is 40.1 Å². The lowest BCUT2D eigenvalue weighted by molar-refractivity contribution is -0.133. The molecule has 7 nitrogen and oxygen atoms in total. The maximum absolute atomic E-state index is 13.8. The van der Waals surface area contributed by atoms with E-state index in [1.54, 1.807) is 4.90 Å². The third kappa shape index (κ3) is 5.58. The average Bonchev–Trinajstić information content (AvgIpc) is 3.52. The maximum atomic E-state index is 13.8. The number of anilines is 2. The summed E-state index contributed by atoms with van der Waals surface area (Å²) in [6.07, 6.45) is 2.87. The summed E-state index contributed by atoms with van der Waals surface area (Å²) in [6, 6.07) is 22.8. The average molecular weight is 554 g/mol. The van der Waals surface area contributed by atoms with Crippen molar-refractivity contribution in [2.24, 2.45) is 0 Å². The van der Waals surface area contributed by atoms with E-state index in [2.05, 4.69) is 33.0 Å². The summed E-state index contributed by atoms with van der Waals surface area (Å²) in [6.45, 7) is 8.46. The van der Waals surface area contributed by atoms with Gasteiger partial charge >= 0.3 is 6.03 Å². The smallest absolute Gasteiger partial charge is 0.332 e. The highest BCUT2D eigenvalue weighted by Gasteiger charge is 2.59. The number of para-hydroxylation sites is 1. The first kappa shape index (κ1) is 28.4. The molecular formula is C34H39N3O4. The fourth-order valence-electron chi connectivity index (χ4n) is 6.08. The highest BCUT2D eigenvalue weighted by atomic mass is 16.5. The number of imide groups is 1. The van der Waals surface area contributed by atoms with Crippen molar-refractivity contribution in [2.45, 2.75) is 77.4 Å². The van der Waals surface area contributed by atoms with Gasteiger partial charge in [-0.1, -0.05) is 89.1 Å². The number of rotatable bonds is 9. The predicted octanol–water partition coefficient (Wildman–Crippen LogP) is 7.23. The van der Waals surface area contributed by atoms with E-state index in [-0.39, 0.29) is 30.2 Å². The van der Waals surface area contributed by atoms with Crippen LogP contribution in [0.3, 0.4) is 0 Å². The molecule has 3 aromatic carbocycles. The first-order chi connectivity index (χ1) is 19.7. The van der Waals surface area contributed by atoms with E-state index in [0.29, 0.717) is 30.9 Å². The van der Waals surface area contributed by atoms with Gasteiger partial charge in [-0.25, -0.2) is 4.79 Å². The molecule has 7 heteroatoms. The van der Waals surface area contributed by atoms with E-state index < -0.39 is 11.6 Å². The Hall–Kier alpha value is -4.13. The minimum Gasteiger partial charge on any atom is -0.489 e. The topological polar surface area (TPSA) is 79.0 Å². The second-order valence-corrected chi connectivity index (χ2v) is 11.7. The molecule has 0 radical (unpaired) electrons. The number of hydrogen-bond acceptors (Lipinski definition) is 4. The van der Waals surface area contributed by atoms with Crippen LogP contribution in [0.15, 0.2) is 72.8 Å². The third-order valence-electron chi connectivity index (χ3n) is 8.21. The molecule has 1 saturated carbocycles. The van der Waals surface area contributed by atoms with Crippen LogP contribution in [0.4, 0.5) is 16.2 Å². The number of amides is 4. The molecule has 0 aromatic heterocycles. The molecule has 1 heterocycles. The number of carbonyl (C=O) groups is 3. The first-order valence-corrected chi connectivity index (χ1v) is 14.6. The number of benzene rings is 3. The number of hydrogen-bond donors (Lipinski definition) is 1. The molecule has 3 aromatic rings. The molecular weight excluding hydrogens is 514 g/mol. The van der Waals surface area contributed by atoms with Crippen LogP contribution in [0.5, 0.6) is 5.75 Å². The Kier molecular flexibility index (Phi) is 8.15. The molecule has 2 aliphatic rings. The van der Waals surface area contributed by atoms with Crippen LogP contribution in [-0.2, 0) is 16.2 Å². The zero-order valence-electron chi connectivity index (χ0n) is 24.4. The van der Waals surface area contributed by atoms with Gasteiger partial charge in [0.1, 0.15) is 24.4 Å². The first-order valence-electron chi connectivity index (χ1n) is 14.6. The number of nitrogens with one attached hydrogen (secondary N) is 1. The summed E-state index contributed by atoms with van der Waals surface area (Å²) < 4.78 is 5.92. The molecule has 1 spiro atoms. The Balaban J connectivity index is 1.36. The second-order valence-electron chi connectivity index (χ2n) is 11.7. The van der Waals surface area contributed by atoms with Gasteiger partial charge in [-0.05, 0) is 65.6 Å². The normalized spacial score (nSPS) is 16.3. The van der Waals surface area contributed by atoms with Crippen molar-refractivity contribution in [3.63, 3.8) is 0 Å². The molecule has 1 saturated heterocycles. The van der Waals surface area contributed by atoms with E-state index in [9.17, 15) is 14.4 Å². The van der Waals surface area contributed by atoms with Gasteiger partial charge in [-0.15, -0.1) is 0 Å². The van der Waals surface area contributed by atoms with Crippen molar-refractivity contribution in [3.05, 3.63) is 89.5 Å². The van der Waals surface area contributed by atoms with E-state index in [1.165, 1.54) is 0 Å². The van der Waals surface area contributed by atoms with E-state index >= 15 is 0 Å². The van der Waals surface area contributed by atoms with E-state index in [1.807, 2.05) is 72.8 Å². The predicted molar refractivity (Wildman–Crippen MR) is 161 cm³/mol. The quantitative estimate of drug-likeness (QED) is 0.284. The number of urea groups is 1. The summed E-state index contributed by atoms with van der Waals surface area (Å²) in [7, 11) is 0. The summed E-state index contributed by atoms with van der Waals surface area (Å²) in [4.78, 5) is 43.8. The highest BCUT2D eigenvalue weighted by molar-refractivity contribution is 6.18. The third-order valence-corrected chi connectivity index (χ3v) is 8.21. The minimum atomic E-state index is -0.956. The van der Waals surface area contributed by atoms with Crippen molar-refractivity contribution >= 4 is 29.2 Å². The second kappa shape index (κ2) is 11.8. The maximum Gasteiger partial charge on any atom is 0.332 e. The Labute approximate surface area is 242 Å². The molecule has 0 atom stereocenters. The highest BCUT2D eigenvalue weighted by Crippen LogP contribution is 2.44. The van der Waals surface area contributed by atoms with Crippen molar-refractivity contribution < 1.29 is 19.1 Å². The number of nitrogens with zero attached hydrogens (tertiary/aromatic N) is 2. The Bertz CT molecular complexity index is 1380. The van der Waals surface area contributed by atoms with Gasteiger partial charge in [0.25, 0.3) is 5.91 Å². The fourth-order valence-corrected chi connectivity index (χ4v) is 6.08. The lowest BCUT2D eigenvalue weighted by Gasteiger charge is -2.31. The molecule has 1 aliphatic heterocycles. The molecule has 1 aliphatic carbocycles. The van der Waals surface area contributed by atoms with Gasteiger partial charge in [0.15, 0.2) is 0 Å². The molecule has 0 unspecified atom stereocenters. The van der Waals surface area contributed by atoms with Crippen molar-refractivity contribution in [1.29, 1.82) is 0 Å². The summed E-state index contributed by atoms with van der Waals surface area (Å²) in [5, 5.41) is 3.06. The van der Waals surface area contributed by atoms with Crippen LogP contribution in [0.1, 0.15) is 81.9 Å². The van der Waals surface area contributed by atoms with Gasteiger partial charge < -0.3 is 10.1 Å². The zero-order chi connectivity index (χ0) is 29.1. The van der Waals surface area contributed by atoms with Gasteiger partial charge in [0.05, 0.1) is 0 Å². The Morgan fingerprint density at radius 2 is 1.46 bits per heavy atom. The van der Waals surface area contributed by atoms with E-state index in [4.69, 9.17) is 4.74 Å². The molecule has 2 fully saturated rings. The van der Waals surface area contributed by atoms with Crippen LogP contribution in [0.2, 0.25) is 0 Å². The van der Waals surface area contributed by atoms with Crippen molar-refractivity contribution in [2.75, 3.05) is 16.8 Å². The molecule has 4 amide bonds. The van der Waals surface area contributed by atoms with Gasteiger partial charge in [-0.3, -0.25) is 19.4 Å². The van der Waals surface area contributed by atoms with Crippen molar-refractivity contribution in [3.8, 4) is 5.75 Å². The van der Waals surface area contributed by atoms with Crippen molar-refractivity contribution in [1.82, 2.24) is 4.90 Å². The van der Waals surface area contributed by atoms with Gasteiger partial charge in [0.2, 0.25) is 5.91 Å². The van der Waals surface area contributed by atoms with Crippen LogP contribution >= 0.6 is 0 Å². The summed E-state index contributed by atoms with van der Waals surface area (Å²) in [5.41, 5.74) is 3.59. The molecule has 0 bridgehead atoms. The van der Waals surface area contributed by atoms with Gasteiger partial charge in [0, 0.05) is 11.4 Å². The standard InChI is InChI=1S/C34H39N3O4/c1-23(2)28-13-10-14-29(24(3)4)31(28)35-30(38)21-36-32(39)34(19-8-9-20-34)37(33(36)40)26-15-17-27(18-16-26)41-22-25-11-6-5-7-12-25/h5-7,10-18,23-24H,8-9,19-22H2,1-4H3,(H,35,38). The van der Waals surface area contributed by atoms with Gasteiger partial charge in [-0.2, -0.15) is 0 Å². The Morgan fingerprint density at radius 1 is 0.854 bits per heavy atom. The molecule has 41 heavy (non-hydrogen) atoms. The monoisotopic (exact) mass is 553 g/mol. The molecule has 214 valence electrons. The van der Waals surface area contributed by atoms with Crippen LogP contribution < -0.4 is 15.0 Å².